The highest BCUT2D eigenvalue weighted by atomic mass is 16.7. The van der Waals surface area contributed by atoms with Gasteiger partial charge in [-0.2, -0.15) is 0 Å². The van der Waals surface area contributed by atoms with Gasteiger partial charge in [-0.15, -0.1) is 0 Å². The molecule has 2 aliphatic rings. The third-order valence-electron chi connectivity index (χ3n) is 5.83. The Morgan fingerprint density at radius 3 is 2.31 bits per heavy atom. The Hall–Kier alpha value is -1.39. The maximum absolute atomic E-state index is 12.6. The molecular weight excluding hydrogens is 328 g/mol. The quantitative estimate of drug-likeness (QED) is 0.554. The van der Waals surface area contributed by atoms with Crippen molar-refractivity contribution in [3.63, 3.8) is 0 Å². The largest absolute Gasteiger partial charge is 0.426 e. The van der Waals surface area contributed by atoms with Crippen LogP contribution in [0.15, 0.2) is 24.3 Å². The lowest BCUT2D eigenvalue weighted by atomic mass is 9.79. The molecule has 26 heavy (non-hydrogen) atoms. The van der Waals surface area contributed by atoms with Crippen molar-refractivity contribution in [2.45, 2.75) is 65.6 Å². The van der Waals surface area contributed by atoms with Crippen LogP contribution in [-0.2, 0) is 14.3 Å². The third-order valence-corrected chi connectivity index (χ3v) is 5.83. The van der Waals surface area contributed by atoms with Gasteiger partial charge < -0.3 is 14.2 Å². The molecule has 144 valence electrons. The molecule has 0 N–H and O–H groups in total. The van der Waals surface area contributed by atoms with Crippen LogP contribution >= 0.6 is 0 Å². The van der Waals surface area contributed by atoms with Crippen LogP contribution in [0.3, 0.4) is 0 Å². The maximum Gasteiger partial charge on any atom is 0.321 e. The van der Waals surface area contributed by atoms with Crippen LogP contribution in [0.2, 0.25) is 0 Å². The molecule has 1 aliphatic carbocycles. The Balaban J connectivity index is 1.49. The highest BCUT2D eigenvalue weighted by molar-refractivity contribution is 5.79. The predicted molar refractivity (Wildman–Crippen MR) is 101 cm³/mol. The van der Waals surface area contributed by atoms with Gasteiger partial charge in [-0.3, -0.25) is 4.79 Å². The zero-order chi connectivity index (χ0) is 18.6. The molecule has 0 atom stereocenters. The van der Waals surface area contributed by atoms with Gasteiger partial charge in [0.1, 0.15) is 11.2 Å². The van der Waals surface area contributed by atoms with Gasteiger partial charge in [0, 0.05) is 5.92 Å². The minimum atomic E-state index is -0.749. The molecule has 1 aliphatic heterocycles. The molecule has 1 aromatic rings. The van der Waals surface area contributed by atoms with Gasteiger partial charge in [0.25, 0.3) is 0 Å². The summed E-state index contributed by atoms with van der Waals surface area (Å²) in [5.74, 6) is 1.61. The van der Waals surface area contributed by atoms with Gasteiger partial charge in [-0.25, -0.2) is 0 Å². The zero-order valence-corrected chi connectivity index (χ0v) is 16.3. The maximum atomic E-state index is 12.6. The molecule has 0 spiro atoms. The smallest absolute Gasteiger partial charge is 0.321 e. The van der Waals surface area contributed by atoms with E-state index in [2.05, 4.69) is 6.92 Å². The fourth-order valence-electron chi connectivity index (χ4n) is 4.01. The highest BCUT2D eigenvalue weighted by Gasteiger charge is 2.43. The molecule has 0 amide bonds. The van der Waals surface area contributed by atoms with Crippen molar-refractivity contribution >= 4 is 5.97 Å². The van der Waals surface area contributed by atoms with E-state index < -0.39 is 5.41 Å². The number of rotatable bonds is 5. The molecule has 1 saturated heterocycles. The van der Waals surface area contributed by atoms with Crippen molar-refractivity contribution in [3.8, 4) is 5.75 Å². The van der Waals surface area contributed by atoms with Gasteiger partial charge in [-0.05, 0) is 57.6 Å². The van der Waals surface area contributed by atoms with E-state index in [1.54, 1.807) is 0 Å². The summed E-state index contributed by atoms with van der Waals surface area (Å²) in [6, 6.07) is 7.50. The second kappa shape index (κ2) is 8.53. The molecule has 0 aromatic heterocycles. The van der Waals surface area contributed by atoms with E-state index in [4.69, 9.17) is 14.2 Å². The van der Waals surface area contributed by atoms with E-state index in [1.165, 1.54) is 38.5 Å². The van der Waals surface area contributed by atoms with Crippen molar-refractivity contribution < 1.29 is 19.0 Å². The fourth-order valence-corrected chi connectivity index (χ4v) is 4.01. The summed E-state index contributed by atoms with van der Waals surface area (Å²) in [6.45, 7) is 6.84. The van der Waals surface area contributed by atoms with E-state index in [0.717, 1.165) is 11.5 Å². The molecule has 3 rings (SSSR count). The van der Waals surface area contributed by atoms with Gasteiger partial charge in [0.15, 0.2) is 6.29 Å². The number of carbonyl (C=O) groups is 1. The van der Waals surface area contributed by atoms with E-state index >= 15 is 0 Å². The zero-order valence-electron chi connectivity index (χ0n) is 16.3. The summed E-state index contributed by atoms with van der Waals surface area (Å²) in [4.78, 5) is 12.6. The Kier molecular flexibility index (Phi) is 6.36. The molecule has 1 saturated carbocycles. The predicted octanol–water partition coefficient (Wildman–Crippen LogP) is 4.89. The van der Waals surface area contributed by atoms with E-state index in [0.29, 0.717) is 24.9 Å². The first kappa shape index (κ1) is 19.4. The molecule has 2 fully saturated rings. The molecule has 1 aromatic carbocycles. The fraction of sp³-hybridized carbons (Fsp3) is 0.682. The van der Waals surface area contributed by atoms with E-state index in [1.807, 2.05) is 38.1 Å². The first-order valence-corrected chi connectivity index (χ1v) is 10.0. The van der Waals surface area contributed by atoms with Crippen LogP contribution < -0.4 is 4.74 Å². The number of ether oxygens (including phenoxy) is 3. The lowest BCUT2D eigenvalue weighted by molar-refractivity contribution is -0.250. The van der Waals surface area contributed by atoms with Crippen molar-refractivity contribution in [1.82, 2.24) is 0 Å². The van der Waals surface area contributed by atoms with E-state index in [9.17, 15) is 4.79 Å². The second-order valence-electron chi connectivity index (χ2n) is 8.32. The lowest BCUT2D eigenvalue weighted by Gasteiger charge is -2.40. The third kappa shape index (κ3) is 4.66. The van der Waals surface area contributed by atoms with Crippen LogP contribution in [0.5, 0.6) is 5.75 Å². The normalized spacial score (nSPS) is 32.2. The average Bonchev–Trinajstić information content (AvgIpc) is 2.65. The Bertz CT molecular complexity index is 579. The summed E-state index contributed by atoms with van der Waals surface area (Å²) >= 11 is 0. The molecule has 0 bridgehead atoms. The monoisotopic (exact) mass is 360 g/mol. The summed E-state index contributed by atoms with van der Waals surface area (Å²) < 4.78 is 17.5. The van der Waals surface area contributed by atoms with Crippen LogP contribution in [0.1, 0.15) is 57.9 Å². The van der Waals surface area contributed by atoms with Crippen LogP contribution in [0, 0.1) is 24.2 Å². The van der Waals surface area contributed by atoms with Gasteiger partial charge in [-0.1, -0.05) is 37.5 Å². The second-order valence-corrected chi connectivity index (χ2v) is 8.32. The van der Waals surface area contributed by atoms with Gasteiger partial charge in [0.2, 0.25) is 0 Å². The molecule has 4 heteroatoms. The number of hydrogen-bond acceptors (Lipinski definition) is 4. The minimum Gasteiger partial charge on any atom is -0.426 e. The lowest BCUT2D eigenvalue weighted by Crippen LogP contribution is -2.49. The molecule has 4 nitrogen and oxygen atoms in total. The SMILES string of the molecule is CCCC1CCC(C2OCC(C)(C(=O)Oc3ccc(C)cc3)CO2)CC1. The summed E-state index contributed by atoms with van der Waals surface area (Å²) in [5, 5.41) is 0. The first-order chi connectivity index (χ1) is 12.5. The van der Waals surface area contributed by atoms with E-state index in [-0.39, 0.29) is 12.3 Å². The molecule has 0 radical (unpaired) electrons. The number of carbonyl (C=O) groups excluding carboxylic acids is 1. The molecule has 0 unspecified atom stereocenters. The van der Waals surface area contributed by atoms with Crippen LogP contribution in [-0.4, -0.2) is 25.5 Å². The van der Waals surface area contributed by atoms with Crippen LogP contribution in [0.4, 0.5) is 0 Å². The summed E-state index contributed by atoms with van der Waals surface area (Å²) in [7, 11) is 0. The minimum absolute atomic E-state index is 0.169. The van der Waals surface area contributed by atoms with Crippen molar-refractivity contribution in [2.75, 3.05) is 13.2 Å². The number of hydrogen-bond donors (Lipinski definition) is 0. The molecular formula is C22H32O4. The topological polar surface area (TPSA) is 44.8 Å². The van der Waals surface area contributed by atoms with Crippen molar-refractivity contribution in [1.29, 1.82) is 0 Å². The van der Waals surface area contributed by atoms with Gasteiger partial charge >= 0.3 is 5.97 Å². The van der Waals surface area contributed by atoms with Crippen LogP contribution in [0.25, 0.3) is 0 Å². The Morgan fingerprint density at radius 1 is 1.12 bits per heavy atom. The number of aryl methyl sites for hydroxylation is 1. The Morgan fingerprint density at radius 2 is 1.73 bits per heavy atom. The number of esters is 1. The van der Waals surface area contributed by atoms with Crippen molar-refractivity contribution in [3.05, 3.63) is 29.8 Å². The summed E-state index contributed by atoms with van der Waals surface area (Å²) in [6.07, 6.45) is 7.32. The summed E-state index contributed by atoms with van der Waals surface area (Å²) in [5.41, 5.74) is 0.387. The van der Waals surface area contributed by atoms with Gasteiger partial charge in [0.05, 0.1) is 13.2 Å². The highest BCUT2D eigenvalue weighted by Crippen LogP contribution is 2.37. The standard InChI is InChI=1S/C22H32O4/c1-4-5-17-8-10-18(11-9-17)20-24-14-22(3,15-25-20)21(23)26-19-12-6-16(2)7-13-19/h6-7,12-13,17-18,20H,4-5,8-11,14-15H2,1-3H3. The Labute approximate surface area is 157 Å². The number of benzene rings is 1. The average molecular weight is 360 g/mol. The first-order valence-electron chi connectivity index (χ1n) is 10.0. The van der Waals surface area contributed by atoms with Crippen molar-refractivity contribution in [2.24, 2.45) is 17.3 Å². The molecule has 1 heterocycles.